The first-order valence-electron chi connectivity index (χ1n) is 11.1. The summed E-state index contributed by atoms with van der Waals surface area (Å²) < 4.78 is 39.8. The lowest BCUT2D eigenvalue weighted by Gasteiger charge is -2.27. The van der Waals surface area contributed by atoms with Crippen LogP contribution in [0.3, 0.4) is 0 Å². The maximum atomic E-state index is 14.0. The van der Waals surface area contributed by atoms with Crippen LogP contribution in [0.4, 0.5) is 10.8 Å². The fraction of sp³-hybridized carbons (Fsp3) is 0.200. The van der Waals surface area contributed by atoms with Gasteiger partial charge in [0.25, 0.3) is 5.91 Å². The highest BCUT2D eigenvalue weighted by atomic mass is 35.5. The second-order valence-electron chi connectivity index (χ2n) is 7.97. The van der Waals surface area contributed by atoms with Crippen LogP contribution < -0.4 is 9.64 Å². The lowest BCUT2D eigenvalue weighted by atomic mass is 10.1. The van der Waals surface area contributed by atoms with Crippen molar-refractivity contribution in [1.29, 1.82) is 0 Å². The van der Waals surface area contributed by atoms with Crippen LogP contribution in [0.25, 0.3) is 10.2 Å². The fourth-order valence-electron chi connectivity index (χ4n) is 3.95. The largest absolute Gasteiger partial charge is 0.495 e. The SMILES string of the molecule is COc1ccc(C(=O)N(c2cccc(Cl)c2)c2nc3ccccc3s2)cc1S(=O)(=O)N1CCOCC1. The minimum Gasteiger partial charge on any atom is -0.495 e. The predicted octanol–water partition coefficient (Wildman–Crippen LogP) is 4.96. The highest BCUT2D eigenvalue weighted by Gasteiger charge is 2.31. The average Bonchev–Trinajstić information content (AvgIpc) is 3.32. The first kappa shape index (κ1) is 24.7. The smallest absolute Gasteiger partial charge is 0.264 e. The summed E-state index contributed by atoms with van der Waals surface area (Å²) in [5, 5.41) is 0.897. The molecule has 8 nitrogen and oxygen atoms in total. The number of para-hydroxylation sites is 1. The van der Waals surface area contributed by atoms with Crippen molar-refractivity contribution in [3.05, 3.63) is 77.3 Å². The van der Waals surface area contributed by atoms with E-state index in [9.17, 15) is 13.2 Å². The number of aromatic nitrogens is 1. The summed E-state index contributed by atoms with van der Waals surface area (Å²) in [6.07, 6.45) is 0. The zero-order chi connectivity index (χ0) is 25.3. The number of halogens is 1. The van der Waals surface area contributed by atoms with Crippen molar-refractivity contribution >= 4 is 59.9 Å². The molecule has 36 heavy (non-hydrogen) atoms. The molecule has 2 heterocycles. The van der Waals surface area contributed by atoms with Gasteiger partial charge >= 0.3 is 0 Å². The normalized spacial score (nSPS) is 14.6. The number of hydrogen-bond acceptors (Lipinski definition) is 7. The number of ether oxygens (including phenoxy) is 2. The molecular formula is C25H22ClN3O5S2. The molecule has 1 amide bonds. The molecule has 3 aromatic carbocycles. The van der Waals surface area contributed by atoms with Crippen LogP contribution in [0, 0.1) is 0 Å². The number of carbonyl (C=O) groups excluding carboxylic acids is 1. The molecular weight excluding hydrogens is 522 g/mol. The van der Waals surface area contributed by atoms with Crippen molar-refractivity contribution in [2.24, 2.45) is 0 Å². The molecule has 1 aliphatic rings. The zero-order valence-electron chi connectivity index (χ0n) is 19.3. The Hall–Kier alpha value is -3.02. The van der Waals surface area contributed by atoms with E-state index in [1.54, 1.807) is 30.3 Å². The van der Waals surface area contributed by atoms with Crippen LogP contribution in [-0.4, -0.2) is 57.0 Å². The highest BCUT2D eigenvalue weighted by molar-refractivity contribution is 7.89. The number of hydrogen-bond donors (Lipinski definition) is 0. The van der Waals surface area contributed by atoms with Crippen LogP contribution in [-0.2, 0) is 14.8 Å². The molecule has 0 N–H and O–H groups in total. The molecule has 186 valence electrons. The van der Waals surface area contributed by atoms with Gasteiger partial charge in [-0.05, 0) is 48.5 Å². The van der Waals surface area contributed by atoms with Crippen molar-refractivity contribution < 1.29 is 22.7 Å². The van der Waals surface area contributed by atoms with Crippen molar-refractivity contribution in [3.63, 3.8) is 0 Å². The Morgan fingerprint density at radius 2 is 1.86 bits per heavy atom. The van der Waals surface area contributed by atoms with Crippen molar-refractivity contribution in [2.45, 2.75) is 4.90 Å². The first-order chi connectivity index (χ1) is 17.4. The van der Waals surface area contributed by atoms with Gasteiger partial charge in [0.05, 0.1) is 36.2 Å². The number of sulfonamides is 1. The summed E-state index contributed by atoms with van der Waals surface area (Å²) >= 11 is 7.60. The number of benzene rings is 3. The molecule has 11 heteroatoms. The summed E-state index contributed by atoms with van der Waals surface area (Å²) in [7, 11) is -2.52. The molecule has 0 radical (unpaired) electrons. The van der Waals surface area contributed by atoms with Crippen LogP contribution in [0.1, 0.15) is 10.4 Å². The number of rotatable bonds is 6. The lowest BCUT2D eigenvalue weighted by molar-refractivity contribution is 0.0729. The Labute approximate surface area is 217 Å². The Balaban J connectivity index is 1.62. The van der Waals surface area contributed by atoms with Crippen LogP contribution in [0.5, 0.6) is 5.75 Å². The summed E-state index contributed by atoms with van der Waals surface area (Å²) in [6, 6.07) is 18.9. The number of anilines is 2. The van der Waals surface area contributed by atoms with Gasteiger partial charge in [0.1, 0.15) is 10.6 Å². The number of thiazole rings is 1. The second kappa shape index (κ2) is 10.2. The highest BCUT2D eigenvalue weighted by Crippen LogP contribution is 2.36. The van der Waals surface area contributed by atoms with Gasteiger partial charge in [-0.3, -0.25) is 9.69 Å². The Morgan fingerprint density at radius 1 is 1.08 bits per heavy atom. The average molecular weight is 544 g/mol. The molecule has 0 aliphatic carbocycles. The zero-order valence-corrected chi connectivity index (χ0v) is 21.6. The summed E-state index contributed by atoms with van der Waals surface area (Å²) in [5.74, 6) is -0.287. The van der Waals surface area contributed by atoms with Crippen molar-refractivity contribution in [2.75, 3.05) is 38.3 Å². The van der Waals surface area contributed by atoms with Gasteiger partial charge in [-0.2, -0.15) is 4.31 Å². The standard InChI is InChI=1S/C25H22ClN3O5S2/c1-33-21-10-9-17(15-23(21)36(31,32)28-11-13-34-14-12-28)24(30)29(19-6-4-5-18(26)16-19)25-27-20-7-2-3-8-22(20)35-25/h2-10,15-16H,11-14H2,1H3. The third-order valence-electron chi connectivity index (χ3n) is 5.74. The molecule has 1 saturated heterocycles. The van der Waals surface area contributed by atoms with Crippen LogP contribution in [0.2, 0.25) is 5.02 Å². The van der Waals surface area contributed by atoms with E-state index >= 15 is 0 Å². The molecule has 0 atom stereocenters. The van der Waals surface area contributed by atoms with Gasteiger partial charge < -0.3 is 9.47 Å². The number of amides is 1. The van der Waals surface area contributed by atoms with E-state index in [4.69, 9.17) is 21.1 Å². The third-order valence-corrected chi connectivity index (χ3v) is 8.92. The number of morpholine rings is 1. The topological polar surface area (TPSA) is 89.0 Å². The maximum absolute atomic E-state index is 14.0. The summed E-state index contributed by atoms with van der Waals surface area (Å²) in [4.78, 5) is 20.0. The van der Waals surface area contributed by atoms with Crippen molar-refractivity contribution in [3.8, 4) is 5.75 Å². The Morgan fingerprint density at radius 3 is 2.58 bits per heavy atom. The second-order valence-corrected chi connectivity index (χ2v) is 11.3. The number of carbonyl (C=O) groups is 1. The minimum absolute atomic E-state index is 0.0758. The van der Waals surface area contributed by atoms with Crippen LogP contribution >= 0.6 is 22.9 Å². The van der Waals surface area contributed by atoms with E-state index in [1.807, 2.05) is 24.3 Å². The molecule has 1 aromatic heterocycles. The molecule has 1 aliphatic heterocycles. The number of nitrogens with zero attached hydrogens (tertiary/aromatic N) is 3. The number of methoxy groups -OCH3 is 1. The van der Waals surface area contributed by atoms with Gasteiger partial charge in [-0.15, -0.1) is 0 Å². The summed E-state index contributed by atoms with van der Waals surface area (Å²) in [5.41, 5.74) is 1.43. The third kappa shape index (κ3) is 4.70. The molecule has 4 aromatic rings. The van der Waals surface area contributed by atoms with E-state index < -0.39 is 15.9 Å². The maximum Gasteiger partial charge on any atom is 0.264 e. The molecule has 0 spiro atoms. The first-order valence-corrected chi connectivity index (χ1v) is 13.7. The fourth-order valence-corrected chi connectivity index (χ4v) is 6.71. The number of fused-ring (bicyclic) bond motifs is 1. The molecule has 1 fully saturated rings. The van der Waals surface area contributed by atoms with E-state index in [0.717, 1.165) is 10.2 Å². The van der Waals surface area contributed by atoms with Crippen LogP contribution in [0.15, 0.2) is 71.6 Å². The Bertz CT molecular complexity index is 1500. The van der Waals surface area contributed by atoms with Gasteiger partial charge in [-0.25, -0.2) is 13.4 Å². The van der Waals surface area contributed by atoms with E-state index in [2.05, 4.69) is 4.98 Å². The molecule has 0 bridgehead atoms. The van der Waals surface area contributed by atoms with Gasteiger partial charge in [0.15, 0.2) is 5.13 Å². The van der Waals surface area contributed by atoms with Crippen molar-refractivity contribution in [1.82, 2.24) is 9.29 Å². The monoisotopic (exact) mass is 543 g/mol. The van der Waals surface area contributed by atoms with Gasteiger partial charge in [-0.1, -0.05) is 41.1 Å². The lowest BCUT2D eigenvalue weighted by Crippen LogP contribution is -2.40. The van der Waals surface area contributed by atoms with E-state index in [-0.39, 0.29) is 29.3 Å². The minimum atomic E-state index is -3.92. The predicted molar refractivity (Wildman–Crippen MR) is 140 cm³/mol. The summed E-state index contributed by atoms with van der Waals surface area (Å²) in [6.45, 7) is 1.06. The van der Waals surface area contributed by atoms with Gasteiger partial charge in [0, 0.05) is 23.7 Å². The van der Waals surface area contributed by atoms with E-state index in [1.165, 1.54) is 39.8 Å². The molecule has 0 unspecified atom stereocenters. The van der Waals surface area contributed by atoms with E-state index in [0.29, 0.717) is 29.1 Å². The Kier molecular flexibility index (Phi) is 6.96. The van der Waals surface area contributed by atoms with Gasteiger partial charge in [0.2, 0.25) is 10.0 Å². The molecule has 0 saturated carbocycles. The molecule has 5 rings (SSSR count). The quantitative estimate of drug-likeness (QED) is 0.341.